The molecule has 0 aromatic rings. The van der Waals surface area contributed by atoms with Crippen LogP contribution in [0.1, 0.15) is 105 Å². The molecule has 0 aliphatic carbocycles. The van der Waals surface area contributed by atoms with Crippen LogP contribution in [0.3, 0.4) is 0 Å². The molecule has 6 heteroatoms. The zero-order valence-corrected chi connectivity index (χ0v) is 22.0. The zero-order valence-electron chi connectivity index (χ0n) is 20.3. The lowest BCUT2D eigenvalue weighted by Crippen LogP contribution is -2.34. The van der Waals surface area contributed by atoms with E-state index in [1.807, 2.05) is 12.5 Å². The van der Waals surface area contributed by atoms with E-state index in [0.717, 1.165) is 75.7 Å². The van der Waals surface area contributed by atoms with Gasteiger partial charge in [-0.15, -0.1) is 0 Å². The van der Waals surface area contributed by atoms with E-state index < -0.39 is 0 Å². The van der Waals surface area contributed by atoms with Gasteiger partial charge in [0.25, 0.3) is 0 Å². The number of hydrogen-bond donors (Lipinski definition) is 0. The fourth-order valence-corrected chi connectivity index (χ4v) is 4.54. The van der Waals surface area contributed by atoms with Crippen molar-refractivity contribution in [3.05, 3.63) is 0 Å². The van der Waals surface area contributed by atoms with Gasteiger partial charge in [0.05, 0.1) is 12.8 Å². The molecule has 30 heavy (non-hydrogen) atoms. The monoisotopic (exact) mass is 462 g/mol. The largest absolute Gasteiger partial charge is 0.459 e. The summed E-state index contributed by atoms with van der Waals surface area (Å²) in [7, 11) is 0. The van der Waals surface area contributed by atoms with Crippen molar-refractivity contribution in [3.63, 3.8) is 0 Å². The van der Waals surface area contributed by atoms with Crippen molar-refractivity contribution < 1.29 is 19.1 Å². The van der Waals surface area contributed by atoms with Crippen LogP contribution in [-0.2, 0) is 19.1 Å². The summed E-state index contributed by atoms with van der Waals surface area (Å²) in [6.07, 6.45) is 14.7. The van der Waals surface area contributed by atoms with Crippen LogP contribution in [0.25, 0.3) is 0 Å². The van der Waals surface area contributed by atoms with E-state index in [4.69, 9.17) is 9.47 Å². The lowest BCUT2D eigenvalue weighted by Gasteiger charge is -2.32. The molecule has 0 heterocycles. The molecule has 0 amide bonds. The molecule has 0 unspecified atom stereocenters. The fraction of sp³-hybridized carbons (Fsp3) is 0.917. The third-order valence-corrected chi connectivity index (χ3v) is 7.50. The van der Waals surface area contributed by atoms with Crippen LogP contribution in [-0.4, -0.2) is 47.2 Å². The summed E-state index contributed by atoms with van der Waals surface area (Å²) in [6, 6.07) is 0. The molecule has 0 rings (SSSR count). The second-order valence-corrected chi connectivity index (χ2v) is 10.1. The minimum Gasteiger partial charge on any atom is -0.459 e. The van der Waals surface area contributed by atoms with Crippen LogP contribution < -0.4 is 0 Å². The van der Waals surface area contributed by atoms with Gasteiger partial charge in [-0.25, -0.2) is 0 Å². The summed E-state index contributed by atoms with van der Waals surface area (Å²) < 4.78 is 11.8. The van der Waals surface area contributed by atoms with Crippen LogP contribution >= 0.6 is 23.5 Å². The highest BCUT2D eigenvalue weighted by Gasteiger charge is 2.31. The standard InChI is InChI=1S/C24H46O4S2/c1-7-23(8-2,27-21(25)15-19-29-5)17-13-11-12-14-18-24(9-3,10-4)28-22(26)16-20-30-6/h7-20H2,1-6H3. The van der Waals surface area contributed by atoms with Gasteiger partial charge in [-0.2, -0.15) is 23.5 Å². The Morgan fingerprint density at radius 2 is 0.967 bits per heavy atom. The Bertz CT molecular complexity index is 418. The second kappa shape index (κ2) is 17.2. The van der Waals surface area contributed by atoms with E-state index in [0.29, 0.717) is 12.8 Å². The molecule has 0 radical (unpaired) electrons. The highest BCUT2D eigenvalue weighted by atomic mass is 32.2. The normalized spacial score (nSPS) is 12.1. The van der Waals surface area contributed by atoms with E-state index in [1.165, 1.54) is 0 Å². The Hall–Kier alpha value is -0.360. The van der Waals surface area contributed by atoms with E-state index in [-0.39, 0.29) is 23.1 Å². The lowest BCUT2D eigenvalue weighted by atomic mass is 9.88. The molecule has 178 valence electrons. The van der Waals surface area contributed by atoms with E-state index >= 15 is 0 Å². The Labute approximate surface area is 194 Å². The summed E-state index contributed by atoms with van der Waals surface area (Å²) in [6.45, 7) is 8.47. The van der Waals surface area contributed by atoms with Crippen molar-refractivity contribution in [2.45, 2.75) is 116 Å². The first-order chi connectivity index (χ1) is 14.4. The summed E-state index contributed by atoms with van der Waals surface area (Å²) in [4.78, 5) is 24.2. The molecule has 0 N–H and O–H groups in total. The Morgan fingerprint density at radius 1 is 0.633 bits per heavy atom. The number of carbonyl (C=O) groups is 2. The number of unbranched alkanes of at least 4 members (excludes halogenated alkanes) is 3. The van der Waals surface area contributed by atoms with Crippen molar-refractivity contribution in [2.75, 3.05) is 24.0 Å². The van der Waals surface area contributed by atoms with Gasteiger partial charge in [0.1, 0.15) is 11.2 Å². The van der Waals surface area contributed by atoms with Gasteiger partial charge < -0.3 is 9.47 Å². The molecular weight excluding hydrogens is 416 g/mol. The third-order valence-electron chi connectivity index (χ3n) is 6.27. The molecule has 0 aromatic carbocycles. The maximum Gasteiger partial charge on any atom is 0.307 e. The van der Waals surface area contributed by atoms with Gasteiger partial charge in [0, 0.05) is 11.5 Å². The van der Waals surface area contributed by atoms with Gasteiger partial charge >= 0.3 is 11.9 Å². The van der Waals surface area contributed by atoms with Crippen molar-refractivity contribution in [1.82, 2.24) is 0 Å². The molecule has 0 fully saturated rings. The third kappa shape index (κ3) is 11.9. The first-order valence-electron chi connectivity index (χ1n) is 11.8. The van der Waals surface area contributed by atoms with E-state index in [9.17, 15) is 9.59 Å². The minimum atomic E-state index is -0.307. The lowest BCUT2D eigenvalue weighted by molar-refractivity contribution is -0.162. The van der Waals surface area contributed by atoms with Gasteiger partial charge in [-0.05, 0) is 63.9 Å². The quantitative estimate of drug-likeness (QED) is 0.152. The van der Waals surface area contributed by atoms with Crippen LogP contribution in [0.2, 0.25) is 0 Å². The Morgan fingerprint density at radius 3 is 1.23 bits per heavy atom. The summed E-state index contributed by atoms with van der Waals surface area (Å²) in [5, 5.41) is 0. The number of ether oxygens (including phenoxy) is 2. The van der Waals surface area contributed by atoms with Crippen molar-refractivity contribution in [1.29, 1.82) is 0 Å². The van der Waals surface area contributed by atoms with Gasteiger partial charge in [0.15, 0.2) is 0 Å². The SMILES string of the molecule is CCC(CC)(CCCCCCC(CC)(CC)OC(=O)CCSC)OC(=O)CCSC. The summed E-state index contributed by atoms with van der Waals surface area (Å²) >= 11 is 3.36. The van der Waals surface area contributed by atoms with Crippen molar-refractivity contribution >= 4 is 35.5 Å². The fourth-order valence-electron chi connectivity index (χ4n) is 3.80. The van der Waals surface area contributed by atoms with E-state index in [1.54, 1.807) is 23.5 Å². The topological polar surface area (TPSA) is 52.6 Å². The van der Waals surface area contributed by atoms with E-state index in [2.05, 4.69) is 27.7 Å². The number of hydrogen-bond acceptors (Lipinski definition) is 6. The van der Waals surface area contributed by atoms with Crippen molar-refractivity contribution in [3.8, 4) is 0 Å². The minimum absolute atomic E-state index is 0.0629. The molecule has 0 saturated heterocycles. The number of thioether (sulfide) groups is 2. The van der Waals surface area contributed by atoms with Gasteiger partial charge in [0.2, 0.25) is 0 Å². The highest BCUT2D eigenvalue weighted by molar-refractivity contribution is 7.98. The molecule has 4 nitrogen and oxygen atoms in total. The first kappa shape index (κ1) is 29.6. The maximum absolute atomic E-state index is 12.1. The van der Waals surface area contributed by atoms with Crippen LogP contribution in [0.4, 0.5) is 0 Å². The molecular formula is C24H46O4S2. The Balaban J connectivity index is 4.42. The van der Waals surface area contributed by atoms with Crippen molar-refractivity contribution in [2.24, 2.45) is 0 Å². The average Bonchev–Trinajstić information content (AvgIpc) is 2.76. The maximum atomic E-state index is 12.1. The van der Waals surface area contributed by atoms with Crippen LogP contribution in [0.5, 0.6) is 0 Å². The molecule has 0 bridgehead atoms. The predicted molar refractivity (Wildman–Crippen MR) is 133 cm³/mol. The molecule has 0 saturated carbocycles. The molecule has 0 spiro atoms. The smallest absolute Gasteiger partial charge is 0.307 e. The second-order valence-electron chi connectivity index (χ2n) is 8.13. The molecule has 0 aromatic heterocycles. The van der Waals surface area contributed by atoms with Crippen LogP contribution in [0.15, 0.2) is 0 Å². The highest BCUT2D eigenvalue weighted by Crippen LogP contribution is 2.31. The summed E-state index contributed by atoms with van der Waals surface area (Å²) in [5.41, 5.74) is -0.613. The number of esters is 2. The predicted octanol–water partition coefficient (Wildman–Crippen LogP) is 7.04. The number of carbonyl (C=O) groups excluding carboxylic acids is 2. The summed E-state index contributed by atoms with van der Waals surface area (Å²) in [5.74, 6) is 1.51. The van der Waals surface area contributed by atoms with Gasteiger partial charge in [-0.3, -0.25) is 9.59 Å². The number of rotatable bonds is 19. The van der Waals surface area contributed by atoms with Crippen LogP contribution in [0, 0.1) is 0 Å². The van der Waals surface area contributed by atoms with Gasteiger partial charge in [-0.1, -0.05) is 40.5 Å². The zero-order chi connectivity index (χ0) is 22.9. The molecule has 0 atom stereocenters. The average molecular weight is 463 g/mol. The molecule has 0 aliphatic rings. The molecule has 0 aliphatic heterocycles. The first-order valence-corrected chi connectivity index (χ1v) is 14.6. The Kier molecular flexibility index (Phi) is 17.0.